The lowest BCUT2D eigenvalue weighted by molar-refractivity contribution is 0.628. The van der Waals surface area contributed by atoms with Gasteiger partial charge in [0.25, 0.3) is 0 Å². The van der Waals surface area contributed by atoms with Gasteiger partial charge in [-0.2, -0.15) is 0 Å². The van der Waals surface area contributed by atoms with E-state index in [9.17, 15) is 0 Å². The van der Waals surface area contributed by atoms with Gasteiger partial charge in [0.1, 0.15) is 5.82 Å². The summed E-state index contributed by atoms with van der Waals surface area (Å²) in [5, 5.41) is 0. The zero-order valence-corrected chi connectivity index (χ0v) is 11.1. The van der Waals surface area contributed by atoms with Gasteiger partial charge < -0.3 is 10.6 Å². The largest absolute Gasteiger partial charge is 0.354 e. The predicted octanol–water partition coefficient (Wildman–Crippen LogP) is 2.73. The molecule has 1 aromatic rings. The molecule has 94 valence electrons. The molecule has 0 saturated heterocycles. The molecule has 0 aromatic carbocycles. The lowest BCUT2D eigenvalue weighted by atomic mass is 10.1. The summed E-state index contributed by atoms with van der Waals surface area (Å²) >= 11 is 0. The standard InChI is InChI=1S/C14H23N3/c1-10(2)17(9-12-6-7-12)14-13(11(3)15)5-4-8-16-14/h4-5,8,10-12H,6-7,9,15H2,1-3H3/t11-/m0/s1. The molecule has 2 N–H and O–H groups in total. The van der Waals surface area contributed by atoms with E-state index in [4.69, 9.17) is 5.73 Å². The Labute approximate surface area is 104 Å². The zero-order chi connectivity index (χ0) is 12.4. The third kappa shape index (κ3) is 2.97. The Morgan fingerprint density at radius 1 is 1.41 bits per heavy atom. The molecular formula is C14H23N3. The molecule has 1 aliphatic rings. The Morgan fingerprint density at radius 2 is 2.12 bits per heavy atom. The van der Waals surface area contributed by atoms with Crippen molar-refractivity contribution in [2.45, 2.75) is 45.7 Å². The van der Waals surface area contributed by atoms with E-state index in [0.717, 1.165) is 23.8 Å². The molecule has 17 heavy (non-hydrogen) atoms. The van der Waals surface area contributed by atoms with Crippen LogP contribution in [-0.2, 0) is 0 Å². The summed E-state index contributed by atoms with van der Waals surface area (Å²) in [6, 6.07) is 4.58. The van der Waals surface area contributed by atoms with Crippen LogP contribution in [0.4, 0.5) is 5.82 Å². The van der Waals surface area contributed by atoms with Crippen LogP contribution in [0.15, 0.2) is 18.3 Å². The molecule has 1 saturated carbocycles. The van der Waals surface area contributed by atoms with Gasteiger partial charge in [0.05, 0.1) is 0 Å². The van der Waals surface area contributed by atoms with E-state index in [2.05, 4.69) is 29.8 Å². The van der Waals surface area contributed by atoms with E-state index in [0.29, 0.717) is 6.04 Å². The number of hydrogen-bond acceptors (Lipinski definition) is 3. The number of nitrogens with two attached hydrogens (primary N) is 1. The molecule has 3 heteroatoms. The maximum atomic E-state index is 6.03. The maximum Gasteiger partial charge on any atom is 0.133 e. The van der Waals surface area contributed by atoms with Crippen LogP contribution in [0.3, 0.4) is 0 Å². The molecule has 0 spiro atoms. The van der Waals surface area contributed by atoms with Crippen molar-refractivity contribution < 1.29 is 0 Å². The van der Waals surface area contributed by atoms with Crippen LogP contribution in [-0.4, -0.2) is 17.6 Å². The van der Waals surface area contributed by atoms with Gasteiger partial charge in [-0.1, -0.05) is 6.07 Å². The fourth-order valence-electron chi connectivity index (χ4n) is 2.13. The number of anilines is 1. The van der Waals surface area contributed by atoms with Crippen LogP contribution in [0.1, 0.15) is 45.2 Å². The second-order valence-electron chi connectivity index (χ2n) is 5.39. The van der Waals surface area contributed by atoms with Gasteiger partial charge in [0.2, 0.25) is 0 Å². The zero-order valence-electron chi connectivity index (χ0n) is 11.1. The average Bonchev–Trinajstić information content (AvgIpc) is 3.09. The maximum absolute atomic E-state index is 6.03. The van der Waals surface area contributed by atoms with Gasteiger partial charge >= 0.3 is 0 Å². The second-order valence-corrected chi connectivity index (χ2v) is 5.39. The van der Waals surface area contributed by atoms with E-state index < -0.39 is 0 Å². The first-order valence-corrected chi connectivity index (χ1v) is 6.56. The summed E-state index contributed by atoms with van der Waals surface area (Å²) in [6.07, 6.45) is 4.59. The van der Waals surface area contributed by atoms with E-state index in [1.165, 1.54) is 12.8 Å². The minimum absolute atomic E-state index is 0.0409. The lowest BCUT2D eigenvalue weighted by Crippen LogP contribution is -2.34. The van der Waals surface area contributed by atoms with Crippen molar-refractivity contribution in [1.29, 1.82) is 0 Å². The summed E-state index contributed by atoms with van der Waals surface area (Å²) in [5.74, 6) is 1.93. The first kappa shape index (κ1) is 12.4. The summed E-state index contributed by atoms with van der Waals surface area (Å²) in [6.45, 7) is 7.59. The topological polar surface area (TPSA) is 42.2 Å². The molecule has 3 nitrogen and oxygen atoms in total. The molecule has 0 amide bonds. The van der Waals surface area contributed by atoms with E-state index in [1.54, 1.807) is 0 Å². The fourth-order valence-corrected chi connectivity index (χ4v) is 2.13. The third-order valence-electron chi connectivity index (χ3n) is 3.35. The molecule has 0 radical (unpaired) electrons. The first-order valence-electron chi connectivity index (χ1n) is 6.56. The number of pyridine rings is 1. The molecule has 0 bridgehead atoms. The number of rotatable bonds is 5. The monoisotopic (exact) mass is 233 g/mol. The highest BCUT2D eigenvalue weighted by atomic mass is 15.2. The van der Waals surface area contributed by atoms with Crippen molar-refractivity contribution in [3.05, 3.63) is 23.9 Å². The number of aromatic nitrogens is 1. The molecule has 0 aliphatic heterocycles. The van der Waals surface area contributed by atoms with Gasteiger partial charge in [0, 0.05) is 30.4 Å². The van der Waals surface area contributed by atoms with Crippen molar-refractivity contribution in [3.8, 4) is 0 Å². The average molecular weight is 233 g/mol. The van der Waals surface area contributed by atoms with Crippen LogP contribution < -0.4 is 10.6 Å². The molecule has 1 heterocycles. The minimum atomic E-state index is 0.0409. The fraction of sp³-hybridized carbons (Fsp3) is 0.643. The molecule has 1 aliphatic carbocycles. The van der Waals surface area contributed by atoms with Crippen molar-refractivity contribution in [1.82, 2.24) is 4.98 Å². The van der Waals surface area contributed by atoms with Crippen LogP contribution in [0, 0.1) is 5.92 Å². The smallest absolute Gasteiger partial charge is 0.133 e. The number of hydrogen-bond donors (Lipinski definition) is 1. The number of nitrogens with zero attached hydrogens (tertiary/aromatic N) is 2. The van der Waals surface area contributed by atoms with Gasteiger partial charge in [-0.15, -0.1) is 0 Å². The summed E-state index contributed by atoms with van der Waals surface area (Å²) in [4.78, 5) is 6.95. The van der Waals surface area contributed by atoms with Crippen molar-refractivity contribution in [2.75, 3.05) is 11.4 Å². The van der Waals surface area contributed by atoms with Crippen molar-refractivity contribution in [2.24, 2.45) is 11.7 Å². The first-order chi connectivity index (χ1) is 8.09. The lowest BCUT2D eigenvalue weighted by Gasteiger charge is -2.30. The second kappa shape index (κ2) is 5.05. The van der Waals surface area contributed by atoms with Gasteiger partial charge in [-0.05, 0) is 45.6 Å². The Morgan fingerprint density at radius 3 is 2.65 bits per heavy atom. The van der Waals surface area contributed by atoms with Crippen molar-refractivity contribution in [3.63, 3.8) is 0 Å². The Kier molecular flexibility index (Phi) is 3.67. The Hall–Kier alpha value is -1.09. The van der Waals surface area contributed by atoms with Crippen LogP contribution in [0.5, 0.6) is 0 Å². The highest BCUT2D eigenvalue weighted by molar-refractivity contribution is 5.49. The van der Waals surface area contributed by atoms with E-state index in [-0.39, 0.29) is 6.04 Å². The van der Waals surface area contributed by atoms with Gasteiger partial charge in [-0.3, -0.25) is 0 Å². The third-order valence-corrected chi connectivity index (χ3v) is 3.35. The summed E-state index contributed by atoms with van der Waals surface area (Å²) < 4.78 is 0. The summed E-state index contributed by atoms with van der Waals surface area (Å²) in [7, 11) is 0. The van der Waals surface area contributed by atoms with Crippen LogP contribution in [0.25, 0.3) is 0 Å². The van der Waals surface area contributed by atoms with Crippen LogP contribution in [0.2, 0.25) is 0 Å². The van der Waals surface area contributed by atoms with E-state index >= 15 is 0 Å². The predicted molar refractivity (Wildman–Crippen MR) is 72.0 cm³/mol. The highest BCUT2D eigenvalue weighted by Gasteiger charge is 2.27. The summed E-state index contributed by atoms with van der Waals surface area (Å²) in [5.41, 5.74) is 7.19. The Balaban J connectivity index is 2.27. The van der Waals surface area contributed by atoms with Gasteiger partial charge in [0.15, 0.2) is 0 Å². The van der Waals surface area contributed by atoms with Crippen molar-refractivity contribution >= 4 is 5.82 Å². The molecule has 1 aromatic heterocycles. The molecule has 1 fully saturated rings. The molecule has 0 unspecified atom stereocenters. The quantitative estimate of drug-likeness (QED) is 0.850. The van der Waals surface area contributed by atoms with Crippen LogP contribution >= 0.6 is 0 Å². The highest BCUT2D eigenvalue weighted by Crippen LogP contribution is 2.33. The van der Waals surface area contributed by atoms with Gasteiger partial charge in [-0.25, -0.2) is 4.98 Å². The molecular weight excluding hydrogens is 210 g/mol. The van der Waals surface area contributed by atoms with E-state index in [1.807, 2.05) is 19.2 Å². The minimum Gasteiger partial charge on any atom is -0.354 e. The Bertz CT molecular complexity index is 369. The molecule has 1 atom stereocenters. The normalized spacial score (nSPS) is 17.2. The SMILES string of the molecule is CC(C)N(CC1CC1)c1ncccc1[C@H](C)N. The molecule has 2 rings (SSSR count).